The number of benzene rings is 1. The Hall–Kier alpha value is -1.69. The predicted molar refractivity (Wildman–Crippen MR) is 78.6 cm³/mol. The molecule has 104 valence electrons. The first-order valence-electron chi connectivity index (χ1n) is 6.00. The van der Waals surface area contributed by atoms with Crippen molar-refractivity contribution < 1.29 is 9.18 Å². The Morgan fingerprint density at radius 2 is 2.16 bits per heavy atom. The van der Waals surface area contributed by atoms with E-state index in [1.165, 1.54) is 18.2 Å². The lowest BCUT2D eigenvalue weighted by Gasteiger charge is -2.12. The van der Waals surface area contributed by atoms with Crippen LogP contribution in [0.15, 0.2) is 18.2 Å². The fraction of sp³-hybridized carbons (Fsp3) is 0.385. The van der Waals surface area contributed by atoms with Crippen LogP contribution in [-0.4, -0.2) is 24.0 Å². The Morgan fingerprint density at radius 1 is 1.47 bits per heavy atom. The molecular weight excluding hydrogens is 265 g/mol. The van der Waals surface area contributed by atoms with E-state index in [9.17, 15) is 9.18 Å². The molecule has 0 saturated heterocycles. The molecule has 4 nitrogen and oxygen atoms in total. The largest absolute Gasteiger partial charge is 0.389 e. The number of amides is 1. The highest BCUT2D eigenvalue weighted by Crippen LogP contribution is 2.16. The van der Waals surface area contributed by atoms with Gasteiger partial charge in [0.2, 0.25) is 5.91 Å². The van der Waals surface area contributed by atoms with E-state index in [-0.39, 0.29) is 17.4 Å². The molecule has 0 saturated carbocycles. The van der Waals surface area contributed by atoms with Gasteiger partial charge in [-0.1, -0.05) is 26.1 Å². The van der Waals surface area contributed by atoms with Gasteiger partial charge in [0.05, 0.1) is 6.54 Å². The van der Waals surface area contributed by atoms with Crippen LogP contribution in [0.25, 0.3) is 0 Å². The Morgan fingerprint density at radius 3 is 2.74 bits per heavy atom. The molecule has 0 atom stereocenters. The highest BCUT2D eigenvalue weighted by Gasteiger charge is 2.08. The number of thiocarbonyl (C=S) groups is 1. The van der Waals surface area contributed by atoms with E-state index in [4.69, 9.17) is 18.0 Å². The predicted octanol–water partition coefficient (Wildman–Crippen LogP) is 1.64. The molecule has 0 aromatic heterocycles. The summed E-state index contributed by atoms with van der Waals surface area (Å²) in [6.07, 6.45) is 0. The third kappa shape index (κ3) is 5.21. The number of hydrogen-bond acceptors (Lipinski definition) is 3. The van der Waals surface area contributed by atoms with Crippen LogP contribution in [0.2, 0.25) is 0 Å². The summed E-state index contributed by atoms with van der Waals surface area (Å²) < 4.78 is 13.1. The Balaban J connectivity index is 2.62. The van der Waals surface area contributed by atoms with Crippen molar-refractivity contribution in [3.63, 3.8) is 0 Å². The summed E-state index contributed by atoms with van der Waals surface area (Å²) in [6.45, 7) is 4.73. The molecule has 0 bridgehead atoms. The van der Waals surface area contributed by atoms with Gasteiger partial charge in [0.1, 0.15) is 10.8 Å². The second kappa shape index (κ2) is 7.04. The first-order valence-corrected chi connectivity index (χ1v) is 6.41. The van der Waals surface area contributed by atoms with Crippen molar-refractivity contribution in [1.29, 1.82) is 0 Å². The SMILES string of the molecule is CC(C)CNC(=O)CNc1ccc(F)cc1C(N)=S. The average molecular weight is 283 g/mol. The van der Waals surface area contributed by atoms with Gasteiger partial charge in [-0.15, -0.1) is 0 Å². The molecule has 6 heteroatoms. The summed E-state index contributed by atoms with van der Waals surface area (Å²) in [5.74, 6) is -0.161. The van der Waals surface area contributed by atoms with Gasteiger partial charge in [0.15, 0.2) is 0 Å². The number of carbonyl (C=O) groups excluding carboxylic acids is 1. The maximum atomic E-state index is 13.1. The molecule has 0 fully saturated rings. The first-order chi connectivity index (χ1) is 8.90. The zero-order valence-electron chi connectivity index (χ0n) is 11.0. The van der Waals surface area contributed by atoms with Gasteiger partial charge in [-0.2, -0.15) is 0 Å². The third-order valence-electron chi connectivity index (χ3n) is 2.39. The zero-order chi connectivity index (χ0) is 14.4. The summed E-state index contributed by atoms with van der Waals surface area (Å²) >= 11 is 4.85. The maximum absolute atomic E-state index is 13.1. The summed E-state index contributed by atoms with van der Waals surface area (Å²) in [6, 6.07) is 4.05. The van der Waals surface area contributed by atoms with Crippen molar-refractivity contribution in [2.75, 3.05) is 18.4 Å². The van der Waals surface area contributed by atoms with Gasteiger partial charge < -0.3 is 16.4 Å². The monoisotopic (exact) mass is 283 g/mol. The van der Waals surface area contributed by atoms with Crippen molar-refractivity contribution in [2.45, 2.75) is 13.8 Å². The zero-order valence-corrected chi connectivity index (χ0v) is 11.8. The van der Waals surface area contributed by atoms with E-state index in [0.717, 1.165) is 0 Å². The van der Waals surface area contributed by atoms with Gasteiger partial charge in [-0.05, 0) is 24.1 Å². The summed E-state index contributed by atoms with van der Waals surface area (Å²) in [7, 11) is 0. The molecule has 1 amide bonds. The van der Waals surface area contributed by atoms with Crippen molar-refractivity contribution >= 4 is 28.8 Å². The number of rotatable bonds is 6. The topological polar surface area (TPSA) is 67.2 Å². The second-order valence-corrected chi connectivity index (χ2v) is 5.05. The Kier molecular flexibility index (Phi) is 5.69. The van der Waals surface area contributed by atoms with Crippen LogP contribution in [0, 0.1) is 11.7 Å². The third-order valence-corrected chi connectivity index (χ3v) is 2.61. The minimum absolute atomic E-state index is 0.0876. The van der Waals surface area contributed by atoms with Crippen molar-refractivity contribution in [3.8, 4) is 0 Å². The van der Waals surface area contributed by atoms with Crippen LogP contribution in [-0.2, 0) is 4.79 Å². The van der Waals surface area contributed by atoms with E-state index in [1.807, 2.05) is 13.8 Å². The quantitative estimate of drug-likeness (QED) is 0.694. The standard InChI is InChI=1S/C13H18FN3OS/c1-8(2)6-17-12(18)7-16-11-4-3-9(14)5-10(11)13(15)19/h3-5,8,16H,6-7H2,1-2H3,(H2,15,19)(H,17,18). The van der Waals surface area contributed by atoms with Gasteiger partial charge in [-0.3, -0.25) is 4.79 Å². The number of carbonyl (C=O) groups is 1. The molecule has 4 N–H and O–H groups in total. The fourth-order valence-electron chi connectivity index (χ4n) is 1.43. The maximum Gasteiger partial charge on any atom is 0.239 e. The lowest BCUT2D eigenvalue weighted by atomic mass is 10.1. The Bertz CT molecular complexity index is 477. The molecule has 0 spiro atoms. The molecule has 0 aliphatic rings. The van der Waals surface area contributed by atoms with Crippen LogP contribution in [0.5, 0.6) is 0 Å². The second-order valence-electron chi connectivity index (χ2n) is 4.61. The molecule has 1 aromatic rings. The summed E-state index contributed by atoms with van der Waals surface area (Å²) in [4.78, 5) is 11.6. The summed E-state index contributed by atoms with van der Waals surface area (Å²) in [5, 5.41) is 5.67. The molecular formula is C13H18FN3OS. The van der Waals surface area contributed by atoms with Crippen LogP contribution in [0.3, 0.4) is 0 Å². The summed E-state index contributed by atoms with van der Waals surface area (Å²) in [5.41, 5.74) is 6.46. The van der Waals surface area contributed by atoms with Crippen LogP contribution in [0.1, 0.15) is 19.4 Å². The average Bonchev–Trinajstić information content (AvgIpc) is 2.34. The molecule has 0 aliphatic heterocycles. The van der Waals surface area contributed by atoms with E-state index in [1.54, 1.807) is 0 Å². The molecule has 0 radical (unpaired) electrons. The molecule has 0 unspecified atom stereocenters. The van der Waals surface area contributed by atoms with Crippen LogP contribution < -0.4 is 16.4 Å². The van der Waals surface area contributed by atoms with E-state index >= 15 is 0 Å². The number of nitrogens with one attached hydrogen (secondary N) is 2. The number of anilines is 1. The highest BCUT2D eigenvalue weighted by atomic mass is 32.1. The lowest BCUT2D eigenvalue weighted by molar-refractivity contribution is -0.119. The fourth-order valence-corrected chi connectivity index (χ4v) is 1.60. The van der Waals surface area contributed by atoms with Crippen molar-refractivity contribution in [3.05, 3.63) is 29.6 Å². The minimum Gasteiger partial charge on any atom is -0.389 e. The van der Waals surface area contributed by atoms with Gasteiger partial charge in [-0.25, -0.2) is 4.39 Å². The normalized spacial score (nSPS) is 10.3. The number of halogens is 1. The number of hydrogen-bond donors (Lipinski definition) is 3. The van der Waals surface area contributed by atoms with E-state index in [2.05, 4.69) is 10.6 Å². The van der Waals surface area contributed by atoms with Crippen LogP contribution in [0.4, 0.5) is 10.1 Å². The van der Waals surface area contributed by atoms with Gasteiger partial charge in [0, 0.05) is 17.8 Å². The molecule has 0 aliphatic carbocycles. The highest BCUT2D eigenvalue weighted by molar-refractivity contribution is 7.80. The Labute approximate surface area is 117 Å². The van der Waals surface area contributed by atoms with Crippen molar-refractivity contribution in [2.24, 2.45) is 11.7 Å². The number of nitrogens with two attached hydrogens (primary N) is 1. The molecule has 1 aromatic carbocycles. The lowest BCUT2D eigenvalue weighted by Crippen LogP contribution is -2.32. The molecule has 0 heterocycles. The van der Waals surface area contributed by atoms with Gasteiger partial charge >= 0.3 is 0 Å². The van der Waals surface area contributed by atoms with Crippen molar-refractivity contribution in [1.82, 2.24) is 5.32 Å². The smallest absolute Gasteiger partial charge is 0.239 e. The molecule has 1 rings (SSSR count). The van der Waals surface area contributed by atoms with E-state index in [0.29, 0.717) is 23.7 Å². The van der Waals surface area contributed by atoms with Gasteiger partial charge in [0.25, 0.3) is 0 Å². The van der Waals surface area contributed by atoms with Crippen LogP contribution >= 0.6 is 12.2 Å². The first kappa shape index (κ1) is 15.4. The van der Waals surface area contributed by atoms with E-state index < -0.39 is 5.82 Å². The molecule has 19 heavy (non-hydrogen) atoms. The minimum atomic E-state index is -0.419.